The van der Waals surface area contributed by atoms with Crippen LogP contribution in [0.3, 0.4) is 0 Å². The molecule has 0 amide bonds. The quantitative estimate of drug-likeness (QED) is 0.753. The maximum absolute atomic E-state index is 16.8. The standard InChI is InChI=1S/C22H27FO5/c1-12-8-16-15-5-4-13-9-14(25)6-7-19(13,2)21(15,23)17(26)10-20(16,3)22(12,28)18(27)11-24/h6-7,9,12,15-16,24,28H,4-5,8,10-11H2,1-3H3/t12-,15?,16?,19-,20-,21?,22-/m0/s1. The van der Waals surface area contributed by atoms with E-state index < -0.39 is 52.1 Å². The molecule has 3 saturated carbocycles. The summed E-state index contributed by atoms with van der Waals surface area (Å²) in [7, 11) is 0. The number of aliphatic hydroxyl groups is 2. The highest BCUT2D eigenvalue weighted by molar-refractivity contribution is 6.03. The number of Topliss-reactive ketones (excluding diaryl/α,β-unsaturated/α-hetero) is 2. The Morgan fingerprint density at radius 3 is 2.61 bits per heavy atom. The average molecular weight is 390 g/mol. The lowest BCUT2D eigenvalue weighted by Gasteiger charge is -2.59. The van der Waals surface area contributed by atoms with Crippen LogP contribution >= 0.6 is 0 Å². The second kappa shape index (κ2) is 5.70. The third kappa shape index (κ3) is 1.96. The van der Waals surface area contributed by atoms with Gasteiger partial charge in [-0.15, -0.1) is 0 Å². The van der Waals surface area contributed by atoms with Crippen LogP contribution in [-0.2, 0) is 14.4 Å². The van der Waals surface area contributed by atoms with E-state index in [1.807, 2.05) is 0 Å². The third-order valence-corrected chi connectivity index (χ3v) is 8.55. The van der Waals surface area contributed by atoms with Crippen molar-refractivity contribution in [3.8, 4) is 0 Å². The zero-order valence-electron chi connectivity index (χ0n) is 16.5. The van der Waals surface area contributed by atoms with Gasteiger partial charge in [-0.05, 0) is 50.2 Å². The van der Waals surface area contributed by atoms with Crippen LogP contribution in [0.2, 0.25) is 0 Å². The summed E-state index contributed by atoms with van der Waals surface area (Å²) in [5.41, 5.74) is -5.68. The number of rotatable bonds is 2. The second-order valence-electron chi connectivity index (χ2n) is 9.57. The Hall–Kier alpha value is -1.66. The highest BCUT2D eigenvalue weighted by Crippen LogP contribution is 2.69. The minimum Gasteiger partial charge on any atom is -0.388 e. The van der Waals surface area contributed by atoms with Crippen molar-refractivity contribution in [1.82, 2.24) is 0 Å². The zero-order chi connectivity index (χ0) is 20.7. The summed E-state index contributed by atoms with van der Waals surface area (Å²) >= 11 is 0. The lowest BCUT2D eigenvalue weighted by molar-refractivity contribution is -0.187. The molecule has 0 aromatic rings. The molecule has 28 heavy (non-hydrogen) atoms. The second-order valence-corrected chi connectivity index (χ2v) is 9.57. The van der Waals surface area contributed by atoms with Gasteiger partial charge in [-0.25, -0.2) is 4.39 Å². The fourth-order valence-corrected chi connectivity index (χ4v) is 6.99. The van der Waals surface area contributed by atoms with Crippen molar-refractivity contribution in [3.05, 3.63) is 23.8 Å². The summed E-state index contributed by atoms with van der Waals surface area (Å²) in [5.74, 6) is -3.01. The average Bonchev–Trinajstić information content (AvgIpc) is 2.84. The topological polar surface area (TPSA) is 91.7 Å². The Balaban J connectivity index is 1.85. The van der Waals surface area contributed by atoms with Gasteiger partial charge in [-0.2, -0.15) is 0 Å². The van der Waals surface area contributed by atoms with E-state index in [0.717, 1.165) is 0 Å². The first-order chi connectivity index (χ1) is 13.0. The van der Waals surface area contributed by atoms with Crippen molar-refractivity contribution in [2.24, 2.45) is 28.6 Å². The van der Waals surface area contributed by atoms with Gasteiger partial charge in [-0.1, -0.05) is 25.5 Å². The van der Waals surface area contributed by atoms with E-state index in [-0.39, 0.29) is 18.1 Å². The first-order valence-corrected chi connectivity index (χ1v) is 9.99. The summed E-state index contributed by atoms with van der Waals surface area (Å²) < 4.78 is 16.8. The summed E-state index contributed by atoms with van der Waals surface area (Å²) in [6.45, 7) is 4.30. The van der Waals surface area contributed by atoms with Gasteiger partial charge in [0, 0.05) is 23.2 Å². The van der Waals surface area contributed by atoms with E-state index >= 15 is 4.39 Å². The Bertz CT molecular complexity index is 846. The molecule has 2 N–H and O–H groups in total. The number of aliphatic hydroxyl groups excluding tert-OH is 1. The predicted molar refractivity (Wildman–Crippen MR) is 98.9 cm³/mol. The first-order valence-electron chi connectivity index (χ1n) is 9.99. The van der Waals surface area contributed by atoms with E-state index in [0.29, 0.717) is 24.8 Å². The monoisotopic (exact) mass is 390 g/mol. The first kappa shape index (κ1) is 19.6. The Morgan fingerprint density at radius 1 is 1.29 bits per heavy atom. The number of hydrogen-bond acceptors (Lipinski definition) is 5. The molecule has 0 spiro atoms. The van der Waals surface area contributed by atoms with Gasteiger partial charge in [0.25, 0.3) is 0 Å². The normalized spacial score (nSPS) is 49.9. The van der Waals surface area contributed by atoms with E-state index in [1.165, 1.54) is 18.2 Å². The van der Waals surface area contributed by atoms with Crippen LogP contribution < -0.4 is 0 Å². The maximum atomic E-state index is 16.8. The molecule has 6 heteroatoms. The SMILES string of the molecule is C[C@H]1CC2C3CCC4=CC(=O)C=C[C@]4(C)C3(F)C(=O)C[C@]2(C)[C@@]1(O)C(=O)CO. The smallest absolute Gasteiger partial charge is 0.190 e. The van der Waals surface area contributed by atoms with Crippen molar-refractivity contribution in [2.45, 2.75) is 57.7 Å². The molecule has 5 nitrogen and oxygen atoms in total. The van der Waals surface area contributed by atoms with E-state index in [2.05, 4.69) is 0 Å². The molecule has 4 aliphatic carbocycles. The summed E-state index contributed by atoms with van der Waals surface area (Å²) in [6.07, 6.45) is 5.35. The van der Waals surface area contributed by atoms with E-state index in [1.54, 1.807) is 20.8 Å². The van der Waals surface area contributed by atoms with Crippen molar-refractivity contribution in [2.75, 3.05) is 6.61 Å². The Morgan fingerprint density at radius 2 is 1.96 bits per heavy atom. The highest BCUT2D eigenvalue weighted by atomic mass is 19.1. The van der Waals surface area contributed by atoms with Gasteiger partial charge in [-0.3, -0.25) is 14.4 Å². The summed E-state index contributed by atoms with van der Waals surface area (Å²) in [6, 6.07) is 0. The lowest BCUT2D eigenvalue weighted by atomic mass is 9.45. The predicted octanol–water partition coefficient (Wildman–Crippen LogP) is 2.10. The molecule has 3 fully saturated rings. The molecule has 0 radical (unpaired) electrons. The van der Waals surface area contributed by atoms with Crippen molar-refractivity contribution >= 4 is 17.3 Å². The molecule has 0 saturated heterocycles. The van der Waals surface area contributed by atoms with Crippen LogP contribution in [0.25, 0.3) is 0 Å². The highest BCUT2D eigenvalue weighted by Gasteiger charge is 2.75. The van der Waals surface area contributed by atoms with Crippen molar-refractivity contribution in [3.63, 3.8) is 0 Å². The molecule has 4 aliphatic rings. The van der Waals surface area contributed by atoms with Gasteiger partial charge in [0.05, 0.1) is 0 Å². The zero-order valence-corrected chi connectivity index (χ0v) is 16.5. The summed E-state index contributed by atoms with van der Waals surface area (Å²) in [4.78, 5) is 37.7. The van der Waals surface area contributed by atoms with Crippen LogP contribution in [0, 0.1) is 28.6 Å². The van der Waals surface area contributed by atoms with Crippen LogP contribution in [-0.4, -0.2) is 45.4 Å². The van der Waals surface area contributed by atoms with Gasteiger partial charge < -0.3 is 10.2 Å². The number of alkyl halides is 1. The number of halogens is 1. The number of allylic oxidation sites excluding steroid dienone is 4. The molecule has 4 rings (SSSR count). The Labute approximate surface area is 163 Å². The lowest BCUT2D eigenvalue weighted by Crippen LogP contribution is -2.68. The van der Waals surface area contributed by atoms with Gasteiger partial charge in [0.15, 0.2) is 23.0 Å². The number of carbonyl (C=O) groups is 3. The minimum atomic E-state index is -2.17. The molecule has 152 valence electrons. The molecule has 0 aromatic carbocycles. The van der Waals surface area contributed by atoms with Gasteiger partial charge >= 0.3 is 0 Å². The van der Waals surface area contributed by atoms with Crippen LogP contribution in [0.1, 0.15) is 46.5 Å². The molecule has 0 aliphatic heterocycles. The number of hydrogen-bond donors (Lipinski definition) is 2. The number of fused-ring (bicyclic) bond motifs is 5. The molecular formula is C22H27FO5. The van der Waals surface area contributed by atoms with Crippen LogP contribution in [0.4, 0.5) is 4.39 Å². The van der Waals surface area contributed by atoms with Gasteiger partial charge in [0.2, 0.25) is 0 Å². The third-order valence-electron chi connectivity index (χ3n) is 8.55. The van der Waals surface area contributed by atoms with Crippen molar-refractivity contribution in [1.29, 1.82) is 0 Å². The van der Waals surface area contributed by atoms with Crippen LogP contribution in [0.15, 0.2) is 23.8 Å². The summed E-state index contributed by atoms with van der Waals surface area (Å²) in [5, 5.41) is 20.8. The van der Waals surface area contributed by atoms with Crippen LogP contribution in [0.5, 0.6) is 0 Å². The number of carbonyl (C=O) groups excluding carboxylic acids is 3. The van der Waals surface area contributed by atoms with Crippen molar-refractivity contribution < 1.29 is 29.0 Å². The van der Waals surface area contributed by atoms with E-state index in [4.69, 9.17) is 0 Å². The van der Waals surface area contributed by atoms with Gasteiger partial charge in [0.1, 0.15) is 12.2 Å². The molecule has 3 unspecified atom stereocenters. The maximum Gasteiger partial charge on any atom is 0.190 e. The Kier molecular flexibility index (Phi) is 4.00. The van der Waals surface area contributed by atoms with E-state index in [9.17, 15) is 24.6 Å². The molecule has 7 atom stereocenters. The number of ketones is 3. The fourth-order valence-electron chi connectivity index (χ4n) is 6.99. The molecule has 0 bridgehead atoms. The largest absolute Gasteiger partial charge is 0.388 e. The fraction of sp³-hybridized carbons (Fsp3) is 0.682. The molecule has 0 aromatic heterocycles. The molecule has 0 heterocycles. The minimum absolute atomic E-state index is 0.194. The molecular weight excluding hydrogens is 363 g/mol.